The number of carbonyl (C=O) groups is 2. The maximum absolute atomic E-state index is 13.0. The molecule has 3 aromatic rings. The van der Waals surface area contributed by atoms with E-state index in [1.807, 2.05) is 35.7 Å². The standard InChI is InChI=1S/C25H28FN3O3S/c1-18(14-23-4-3-13-33-23)29(16-19-5-11-22(32-2)12-6-19)17-25(31)27-15-24(30)28-21-9-7-20(26)8-10-21/h3-13,18H,14-17H2,1-2H3,(H,27,31)(H,28,30)/t18-/m0/s1. The van der Waals surface area contributed by atoms with Crippen molar-refractivity contribution in [3.8, 4) is 5.75 Å². The van der Waals surface area contributed by atoms with Crippen LogP contribution in [0.3, 0.4) is 0 Å². The van der Waals surface area contributed by atoms with Gasteiger partial charge in [-0.2, -0.15) is 0 Å². The molecule has 33 heavy (non-hydrogen) atoms. The molecular weight excluding hydrogens is 441 g/mol. The van der Waals surface area contributed by atoms with Crippen molar-refractivity contribution in [2.75, 3.05) is 25.5 Å². The Hall–Kier alpha value is -3.23. The lowest BCUT2D eigenvalue weighted by Gasteiger charge is -2.28. The number of anilines is 1. The van der Waals surface area contributed by atoms with Crippen LogP contribution in [0.1, 0.15) is 17.4 Å². The van der Waals surface area contributed by atoms with E-state index in [-0.39, 0.29) is 36.8 Å². The number of nitrogens with zero attached hydrogens (tertiary/aromatic N) is 1. The molecule has 0 aliphatic heterocycles. The van der Waals surface area contributed by atoms with E-state index < -0.39 is 0 Å². The summed E-state index contributed by atoms with van der Waals surface area (Å²) in [5.74, 6) is -0.212. The molecule has 0 spiro atoms. The van der Waals surface area contributed by atoms with Gasteiger partial charge in [0.25, 0.3) is 0 Å². The van der Waals surface area contributed by atoms with Gasteiger partial charge in [0.2, 0.25) is 11.8 Å². The third-order valence-electron chi connectivity index (χ3n) is 5.17. The number of rotatable bonds is 11. The lowest BCUT2D eigenvalue weighted by molar-refractivity contribution is -0.125. The third kappa shape index (κ3) is 8.00. The fourth-order valence-corrected chi connectivity index (χ4v) is 4.17. The number of carbonyl (C=O) groups excluding carboxylic acids is 2. The molecule has 8 heteroatoms. The smallest absolute Gasteiger partial charge is 0.243 e. The van der Waals surface area contributed by atoms with Crippen molar-refractivity contribution < 1.29 is 18.7 Å². The molecule has 2 aromatic carbocycles. The molecule has 1 aromatic heterocycles. The first-order valence-electron chi connectivity index (χ1n) is 10.6. The summed E-state index contributed by atoms with van der Waals surface area (Å²) in [5.41, 5.74) is 1.54. The number of benzene rings is 2. The summed E-state index contributed by atoms with van der Waals surface area (Å²) in [5, 5.41) is 7.36. The van der Waals surface area contributed by atoms with Crippen LogP contribution >= 0.6 is 11.3 Å². The highest BCUT2D eigenvalue weighted by atomic mass is 32.1. The predicted molar refractivity (Wildman–Crippen MR) is 129 cm³/mol. The van der Waals surface area contributed by atoms with Crippen LogP contribution in [0.25, 0.3) is 0 Å². The van der Waals surface area contributed by atoms with Crippen LogP contribution in [-0.2, 0) is 22.6 Å². The van der Waals surface area contributed by atoms with E-state index >= 15 is 0 Å². The van der Waals surface area contributed by atoms with E-state index in [4.69, 9.17) is 4.74 Å². The number of hydrogen-bond acceptors (Lipinski definition) is 5. The molecule has 0 saturated carbocycles. The molecule has 0 unspecified atom stereocenters. The van der Waals surface area contributed by atoms with Crippen molar-refractivity contribution in [1.82, 2.24) is 10.2 Å². The molecule has 2 amide bonds. The van der Waals surface area contributed by atoms with Gasteiger partial charge in [-0.05, 0) is 66.8 Å². The van der Waals surface area contributed by atoms with Gasteiger partial charge in [0.15, 0.2) is 0 Å². The van der Waals surface area contributed by atoms with Crippen molar-refractivity contribution in [1.29, 1.82) is 0 Å². The lowest BCUT2D eigenvalue weighted by atomic mass is 10.1. The molecule has 0 fully saturated rings. The average Bonchev–Trinajstić information content (AvgIpc) is 3.32. The van der Waals surface area contributed by atoms with Crippen LogP contribution in [-0.4, -0.2) is 43.0 Å². The van der Waals surface area contributed by atoms with Gasteiger partial charge in [0, 0.05) is 23.2 Å². The van der Waals surface area contributed by atoms with Gasteiger partial charge >= 0.3 is 0 Å². The lowest BCUT2D eigenvalue weighted by Crippen LogP contribution is -2.44. The van der Waals surface area contributed by atoms with Crippen LogP contribution in [0.4, 0.5) is 10.1 Å². The second-order valence-electron chi connectivity index (χ2n) is 7.72. The summed E-state index contributed by atoms with van der Waals surface area (Å²) < 4.78 is 18.2. The Balaban J connectivity index is 1.57. The molecule has 3 rings (SSSR count). The van der Waals surface area contributed by atoms with Gasteiger partial charge < -0.3 is 15.4 Å². The summed E-state index contributed by atoms with van der Waals surface area (Å²) in [6.45, 7) is 2.68. The SMILES string of the molecule is COc1ccc(CN(CC(=O)NCC(=O)Nc2ccc(F)cc2)[C@@H](C)Cc2cccs2)cc1. The van der Waals surface area contributed by atoms with Crippen molar-refractivity contribution in [2.45, 2.75) is 25.9 Å². The molecule has 174 valence electrons. The second kappa shape index (κ2) is 12.1. The van der Waals surface area contributed by atoms with E-state index in [0.29, 0.717) is 12.2 Å². The normalized spacial score (nSPS) is 11.8. The van der Waals surface area contributed by atoms with Gasteiger partial charge in [-0.3, -0.25) is 14.5 Å². The van der Waals surface area contributed by atoms with Crippen molar-refractivity contribution in [3.05, 3.63) is 82.3 Å². The maximum Gasteiger partial charge on any atom is 0.243 e. The van der Waals surface area contributed by atoms with Crippen LogP contribution in [0.15, 0.2) is 66.0 Å². The Labute approximate surface area is 197 Å². The first-order valence-corrected chi connectivity index (χ1v) is 11.5. The minimum atomic E-state index is -0.380. The second-order valence-corrected chi connectivity index (χ2v) is 8.75. The van der Waals surface area contributed by atoms with Crippen molar-refractivity contribution in [2.24, 2.45) is 0 Å². The molecule has 0 aliphatic carbocycles. The molecule has 0 aliphatic rings. The highest BCUT2D eigenvalue weighted by Gasteiger charge is 2.19. The molecule has 0 bridgehead atoms. The van der Waals surface area contributed by atoms with E-state index in [2.05, 4.69) is 28.5 Å². The quantitative estimate of drug-likeness (QED) is 0.444. The fourth-order valence-electron chi connectivity index (χ4n) is 3.34. The summed E-state index contributed by atoms with van der Waals surface area (Å²) in [7, 11) is 1.63. The van der Waals surface area contributed by atoms with Crippen LogP contribution < -0.4 is 15.4 Å². The van der Waals surface area contributed by atoms with Gasteiger partial charge in [0.05, 0.1) is 20.2 Å². The number of halogens is 1. The zero-order chi connectivity index (χ0) is 23.6. The van der Waals surface area contributed by atoms with E-state index in [1.54, 1.807) is 18.4 Å². The molecule has 6 nitrogen and oxygen atoms in total. The molecule has 0 saturated heterocycles. The Morgan fingerprint density at radius 1 is 1.06 bits per heavy atom. The number of methoxy groups -OCH3 is 1. The van der Waals surface area contributed by atoms with Crippen molar-refractivity contribution >= 4 is 28.8 Å². The summed E-state index contributed by atoms with van der Waals surface area (Å²) >= 11 is 1.69. The van der Waals surface area contributed by atoms with E-state index in [1.165, 1.54) is 29.1 Å². The Kier molecular flexibility index (Phi) is 8.97. The van der Waals surface area contributed by atoms with Gasteiger partial charge in [-0.1, -0.05) is 18.2 Å². The average molecular weight is 470 g/mol. The number of thiophene rings is 1. The number of nitrogens with one attached hydrogen (secondary N) is 2. The number of amides is 2. The topological polar surface area (TPSA) is 70.7 Å². The van der Waals surface area contributed by atoms with Crippen LogP contribution in [0, 0.1) is 5.82 Å². The molecule has 0 radical (unpaired) electrons. The highest BCUT2D eigenvalue weighted by Crippen LogP contribution is 2.18. The largest absolute Gasteiger partial charge is 0.497 e. The van der Waals surface area contributed by atoms with Crippen molar-refractivity contribution in [3.63, 3.8) is 0 Å². The Bertz CT molecular complexity index is 1020. The fraction of sp³-hybridized carbons (Fsp3) is 0.280. The monoisotopic (exact) mass is 469 g/mol. The summed E-state index contributed by atoms with van der Waals surface area (Å²) in [6, 6.07) is 17.5. The predicted octanol–water partition coefficient (Wildman–Crippen LogP) is 4.08. The Morgan fingerprint density at radius 2 is 1.79 bits per heavy atom. The Morgan fingerprint density at radius 3 is 2.42 bits per heavy atom. The minimum Gasteiger partial charge on any atom is -0.497 e. The molecule has 2 N–H and O–H groups in total. The van der Waals surface area contributed by atoms with E-state index in [9.17, 15) is 14.0 Å². The summed E-state index contributed by atoms with van der Waals surface area (Å²) in [6.07, 6.45) is 0.826. The highest BCUT2D eigenvalue weighted by molar-refractivity contribution is 7.09. The number of hydrogen-bond donors (Lipinski definition) is 2. The zero-order valence-corrected chi connectivity index (χ0v) is 19.5. The van der Waals surface area contributed by atoms with Gasteiger partial charge in [0.1, 0.15) is 11.6 Å². The first-order chi connectivity index (χ1) is 15.9. The molecule has 1 heterocycles. The maximum atomic E-state index is 13.0. The van der Waals surface area contributed by atoms with Gasteiger partial charge in [-0.15, -0.1) is 11.3 Å². The zero-order valence-electron chi connectivity index (χ0n) is 18.7. The summed E-state index contributed by atoms with van der Waals surface area (Å²) in [4.78, 5) is 28.1. The van der Waals surface area contributed by atoms with Crippen LogP contribution in [0.2, 0.25) is 0 Å². The molecule has 1 atom stereocenters. The van der Waals surface area contributed by atoms with Gasteiger partial charge in [-0.25, -0.2) is 4.39 Å². The minimum absolute atomic E-state index is 0.115. The van der Waals surface area contributed by atoms with Crippen LogP contribution in [0.5, 0.6) is 5.75 Å². The number of ether oxygens (including phenoxy) is 1. The van der Waals surface area contributed by atoms with E-state index in [0.717, 1.165) is 17.7 Å². The first kappa shape index (κ1) is 24.4. The third-order valence-corrected chi connectivity index (χ3v) is 6.06. The molecular formula is C25H28FN3O3S.